The predicted molar refractivity (Wildman–Crippen MR) is 59.3 cm³/mol. The minimum atomic E-state index is -0.0837. The Balaban J connectivity index is 2.34. The van der Waals surface area contributed by atoms with Gasteiger partial charge in [-0.05, 0) is 25.0 Å². The van der Waals surface area contributed by atoms with Gasteiger partial charge < -0.3 is 4.90 Å². The molecule has 3 nitrogen and oxygen atoms in total. The maximum absolute atomic E-state index is 11.7. The van der Waals surface area contributed by atoms with E-state index >= 15 is 0 Å². The average molecular weight is 204 g/mol. The monoisotopic (exact) mass is 204 g/mol. The number of rotatable bonds is 1. The third kappa shape index (κ3) is 1.63. The zero-order valence-corrected chi connectivity index (χ0v) is 9.32. The molecule has 2 atom stereocenters. The molecule has 1 aromatic carbocycles. The van der Waals surface area contributed by atoms with Crippen molar-refractivity contribution in [3.63, 3.8) is 0 Å². The molecule has 1 fully saturated rings. The van der Waals surface area contributed by atoms with Crippen molar-refractivity contribution in [1.82, 2.24) is 10.2 Å². The number of hydrogen-bond acceptors (Lipinski definition) is 2. The van der Waals surface area contributed by atoms with Gasteiger partial charge in [-0.1, -0.05) is 24.3 Å². The number of nitrogens with one attached hydrogen (secondary N) is 1. The quantitative estimate of drug-likeness (QED) is 0.750. The molecule has 1 aliphatic heterocycles. The van der Waals surface area contributed by atoms with Crippen LogP contribution in [0.3, 0.4) is 0 Å². The van der Waals surface area contributed by atoms with Crippen LogP contribution in [0.2, 0.25) is 0 Å². The highest BCUT2D eigenvalue weighted by Crippen LogP contribution is 2.25. The predicted octanol–water partition coefficient (Wildman–Crippen LogP) is 1.44. The van der Waals surface area contributed by atoms with Crippen LogP contribution in [0.4, 0.5) is 0 Å². The van der Waals surface area contributed by atoms with Gasteiger partial charge in [0.25, 0.3) is 0 Å². The van der Waals surface area contributed by atoms with Crippen LogP contribution in [0, 0.1) is 6.92 Å². The molecule has 80 valence electrons. The lowest BCUT2D eigenvalue weighted by Crippen LogP contribution is -2.26. The molecule has 0 radical (unpaired) electrons. The minimum absolute atomic E-state index is 0.0219. The van der Waals surface area contributed by atoms with Crippen LogP contribution in [0.15, 0.2) is 24.3 Å². The lowest BCUT2D eigenvalue weighted by atomic mass is 10.1. The van der Waals surface area contributed by atoms with Crippen molar-refractivity contribution >= 4 is 5.91 Å². The summed E-state index contributed by atoms with van der Waals surface area (Å²) in [6, 6.07) is 8.07. The molecule has 0 aliphatic carbocycles. The fraction of sp³-hybridized carbons (Fsp3) is 0.417. The Labute approximate surface area is 90.1 Å². The lowest BCUT2D eigenvalue weighted by molar-refractivity contribution is -0.128. The van der Waals surface area contributed by atoms with Crippen molar-refractivity contribution < 1.29 is 4.79 Å². The van der Waals surface area contributed by atoms with E-state index in [2.05, 4.69) is 24.4 Å². The molecular formula is C12H16N2O. The number of hydrogen-bond donors (Lipinski definition) is 1. The lowest BCUT2D eigenvalue weighted by Gasteiger charge is -2.21. The van der Waals surface area contributed by atoms with Crippen LogP contribution in [-0.2, 0) is 4.79 Å². The maximum Gasteiger partial charge on any atom is 0.240 e. The fourth-order valence-electron chi connectivity index (χ4n) is 2.04. The highest BCUT2D eigenvalue weighted by Gasteiger charge is 2.34. The van der Waals surface area contributed by atoms with E-state index in [1.807, 2.05) is 26.1 Å². The van der Waals surface area contributed by atoms with Crippen LogP contribution >= 0.6 is 0 Å². The molecule has 1 aromatic rings. The highest BCUT2D eigenvalue weighted by atomic mass is 16.2. The van der Waals surface area contributed by atoms with Crippen molar-refractivity contribution in [3.05, 3.63) is 35.4 Å². The van der Waals surface area contributed by atoms with Crippen molar-refractivity contribution in [1.29, 1.82) is 0 Å². The second-order valence-corrected chi connectivity index (χ2v) is 4.10. The van der Waals surface area contributed by atoms with Crippen LogP contribution < -0.4 is 5.32 Å². The minimum Gasteiger partial charge on any atom is -0.325 e. The zero-order valence-electron chi connectivity index (χ0n) is 9.32. The molecule has 1 aliphatic rings. The van der Waals surface area contributed by atoms with E-state index in [1.54, 1.807) is 4.90 Å². The van der Waals surface area contributed by atoms with Crippen molar-refractivity contribution in [2.45, 2.75) is 26.1 Å². The third-order valence-electron chi connectivity index (χ3n) is 3.00. The van der Waals surface area contributed by atoms with Crippen LogP contribution in [0.1, 0.15) is 24.2 Å². The molecular weight excluding hydrogens is 188 g/mol. The van der Waals surface area contributed by atoms with E-state index in [0.717, 1.165) is 0 Å². The summed E-state index contributed by atoms with van der Waals surface area (Å²) in [5, 5.41) is 3.29. The van der Waals surface area contributed by atoms with Gasteiger partial charge in [-0.25, -0.2) is 0 Å². The van der Waals surface area contributed by atoms with E-state index in [0.29, 0.717) is 0 Å². The number of amides is 1. The number of nitrogens with zero attached hydrogens (tertiary/aromatic N) is 1. The van der Waals surface area contributed by atoms with Crippen molar-refractivity contribution in [2.75, 3.05) is 7.05 Å². The smallest absolute Gasteiger partial charge is 0.240 e. The largest absolute Gasteiger partial charge is 0.325 e. The Morgan fingerprint density at radius 3 is 2.53 bits per heavy atom. The van der Waals surface area contributed by atoms with Gasteiger partial charge in [0.05, 0.1) is 6.04 Å². The summed E-state index contributed by atoms with van der Waals surface area (Å²) >= 11 is 0. The summed E-state index contributed by atoms with van der Waals surface area (Å²) in [6.45, 7) is 3.97. The van der Waals surface area contributed by atoms with Crippen LogP contribution in [0.25, 0.3) is 0 Å². The molecule has 0 saturated carbocycles. The molecule has 0 bridgehead atoms. The van der Waals surface area contributed by atoms with Crippen molar-refractivity contribution in [3.8, 4) is 0 Å². The van der Waals surface area contributed by atoms with Crippen LogP contribution in [0.5, 0.6) is 0 Å². The van der Waals surface area contributed by atoms with E-state index < -0.39 is 0 Å². The van der Waals surface area contributed by atoms with E-state index in [-0.39, 0.29) is 18.1 Å². The molecule has 2 rings (SSSR count). The molecule has 1 heterocycles. The van der Waals surface area contributed by atoms with Crippen LogP contribution in [-0.4, -0.2) is 23.9 Å². The Morgan fingerprint density at radius 2 is 2.00 bits per heavy atom. The first kappa shape index (κ1) is 10.2. The summed E-state index contributed by atoms with van der Waals surface area (Å²) in [6.07, 6.45) is 0.0219. The van der Waals surface area contributed by atoms with Gasteiger partial charge in [0, 0.05) is 7.05 Å². The van der Waals surface area contributed by atoms with Gasteiger partial charge in [0.15, 0.2) is 0 Å². The fourth-order valence-corrected chi connectivity index (χ4v) is 2.04. The number of aryl methyl sites for hydroxylation is 1. The number of benzene rings is 1. The number of carbonyl (C=O) groups excluding carboxylic acids is 1. The number of likely N-dealkylation sites (N-methyl/N-ethyl adjacent to an activating group) is 1. The first-order chi connectivity index (χ1) is 7.11. The highest BCUT2D eigenvalue weighted by molar-refractivity contribution is 5.83. The summed E-state index contributed by atoms with van der Waals surface area (Å²) in [5.74, 6) is 0.156. The van der Waals surface area contributed by atoms with Gasteiger partial charge in [0.2, 0.25) is 5.91 Å². The summed E-state index contributed by atoms with van der Waals surface area (Å²) in [7, 11) is 1.84. The molecule has 3 heteroatoms. The normalized spacial score (nSPS) is 26.1. The molecule has 1 amide bonds. The Hall–Kier alpha value is -1.35. The molecule has 1 N–H and O–H groups in total. The third-order valence-corrected chi connectivity index (χ3v) is 3.00. The zero-order chi connectivity index (χ0) is 11.0. The topological polar surface area (TPSA) is 32.3 Å². The van der Waals surface area contributed by atoms with E-state index in [1.165, 1.54) is 11.1 Å². The second-order valence-electron chi connectivity index (χ2n) is 4.10. The maximum atomic E-state index is 11.7. The van der Waals surface area contributed by atoms with Gasteiger partial charge in [0.1, 0.15) is 6.17 Å². The van der Waals surface area contributed by atoms with E-state index in [9.17, 15) is 4.79 Å². The molecule has 15 heavy (non-hydrogen) atoms. The summed E-state index contributed by atoms with van der Waals surface area (Å²) in [4.78, 5) is 13.4. The summed E-state index contributed by atoms with van der Waals surface area (Å²) in [5.41, 5.74) is 2.39. The standard InChI is InChI=1S/C12H16N2O/c1-8-6-4-5-7-10(8)11-13-9(2)12(15)14(11)3/h4-7,9,11,13H,1-3H3. The van der Waals surface area contributed by atoms with Gasteiger partial charge in [-0.3, -0.25) is 10.1 Å². The van der Waals surface area contributed by atoms with Crippen molar-refractivity contribution in [2.24, 2.45) is 0 Å². The molecule has 1 saturated heterocycles. The Kier molecular flexibility index (Phi) is 2.49. The Morgan fingerprint density at radius 1 is 1.33 bits per heavy atom. The molecule has 0 aromatic heterocycles. The first-order valence-electron chi connectivity index (χ1n) is 5.19. The van der Waals surface area contributed by atoms with Gasteiger partial charge in [-0.15, -0.1) is 0 Å². The average Bonchev–Trinajstić information content (AvgIpc) is 2.47. The Bertz CT molecular complexity index is 389. The second kappa shape index (κ2) is 3.66. The number of carbonyl (C=O) groups is 1. The van der Waals surface area contributed by atoms with E-state index in [4.69, 9.17) is 0 Å². The molecule has 2 unspecified atom stereocenters. The first-order valence-corrected chi connectivity index (χ1v) is 5.19. The summed E-state index contributed by atoms with van der Waals surface area (Å²) < 4.78 is 0. The van der Waals surface area contributed by atoms with Gasteiger partial charge in [-0.2, -0.15) is 0 Å². The molecule has 0 spiro atoms. The SMILES string of the molecule is Cc1ccccc1C1NC(C)C(=O)N1C. The van der Waals surface area contributed by atoms with Gasteiger partial charge >= 0.3 is 0 Å².